The standard InChI is InChI=1S/C22H20N4O3/c23-11-17(9-15-5-2-1-3-6-15)21(28)24-22(29)25-12-16-10-18(14-25)19-7-4-8-20(27)26(19)13-16/h1-9,16,18H,10,12-14H2,(H,24,28,29). The van der Waals surface area contributed by atoms with Gasteiger partial charge in [-0.3, -0.25) is 14.9 Å². The summed E-state index contributed by atoms with van der Waals surface area (Å²) >= 11 is 0. The number of nitrogens with zero attached hydrogens (tertiary/aromatic N) is 3. The van der Waals surface area contributed by atoms with E-state index in [1.165, 1.54) is 6.08 Å². The molecule has 2 atom stereocenters. The fourth-order valence-electron chi connectivity index (χ4n) is 4.17. The fraction of sp³-hybridized carbons (Fsp3) is 0.273. The fourth-order valence-corrected chi connectivity index (χ4v) is 4.17. The van der Waals surface area contributed by atoms with Gasteiger partial charge < -0.3 is 9.47 Å². The first-order valence-corrected chi connectivity index (χ1v) is 9.52. The maximum atomic E-state index is 12.7. The van der Waals surface area contributed by atoms with Crippen LogP contribution < -0.4 is 10.9 Å². The molecule has 146 valence electrons. The molecule has 1 aromatic heterocycles. The lowest BCUT2D eigenvalue weighted by molar-refractivity contribution is -0.116. The molecule has 0 saturated carbocycles. The maximum Gasteiger partial charge on any atom is 0.324 e. The largest absolute Gasteiger partial charge is 0.324 e. The summed E-state index contributed by atoms with van der Waals surface area (Å²) in [4.78, 5) is 38.8. The molecular formula is C22H20N4O3. The van der Waals surface area contributed by atoms with Crippen molar-refractivity contribution in [3.8, 4) is 6.07 Å². The van der Waals surface area contributed by atoms with Crippen LogP contribution in [0.2, 0.25) is 0 Å². The predicted octanol–water partition coefficient (Wildman–Crippen LogP) is 2.11. The van der Waals surface area contributed by atoms with E-state index in [1.54, 1.807) is 45.9 Å². The highest BCUT2D eigenvalue weighted by Crippen LogP contribution is 2.34. The molecule has 1 aromatic carbocycles. The summed E-state index contributed by atoms with van der Waals surface area (Å²) in [6.07, 6.45) is 2.37. The molecule has 2 aromatic rings. The van der Waals surface area contributed by atoms with Crippen LogP contribution in [0.4, 0.5) is 4.79 Å². The monoisotopic (exact) mass is 388 g/mol. The van der Waals surface area contributed by atoms with Gasteiger partial charge in [0.2, 0.25) is 0 Å². The average Bonchev–Trinajstić information content (AvgIpc) is 2.73. The molecule has 2 aliphatic rings. The van der Waals surface area contributed by atoms with Crippen LogP contribution in [0.25, 0.3) is 6.08 Å². The number of benzene rings is 1. The van der Waals surface area contributed by atoms with Gasteiger partial charge >= 0.3 is 6.03 Å². The number of nitrogens with one attached hydrogen (secondary N) is 1. The highest BCUT2D eigenvalue weighted by molar-refractivity contribution is 6.08. The van der Waals surface area contributed by atoms with Gasteiger partial charge in [-0.1, -0.05) is 36.4 Å². The van der Waals surface area contributed by atoms with Gasteiger partial charge in [0.05, 0.1) is 0 Å². The number of piperidine rings is 1. The molecule has 4 rings (SSSR count). The SMILES string of the molecule is N#CC(=Cc1ccccc1)C(=O)NC(=O)N1CC2CC(C1)c1cccc(=O)n1C2. The van der Waals surface area contributed by atoms with Gasteiger partial charge in [0.1, 0.15) is 11.6 Å². The minimum atomic E-state index is -0.714. The number of likely N-dealkylation sites (tertiary alicyclic amines) is 1. The Morgan fingerprint density at radius 3 is 2.62 bits per heavy atom. The molecular weight excluding hydrogens is 368 g/mol. The molecule has 2 bridgehead atoms. The van der Waals surface area contributed by atoms with E-state index in [4.69, 9.17) is 0 Å². The quantitative estimate of drug-likeness (QED) is 0.630. The second-order valence-corrected chi connectivity index (χ2v) is 7.44. The van der Waals surface area contributed by atoms with Crippen molar-refractivity contribution in [1.82, 2.24) is 14.8 Å². The molecule has 1 saturated heterocycles. The number of hydrogen-bond donors (Lipinski definition) is 1. The molecule has 1 fully saturated rings. The predicted molar refractivity (Wildman–Crippen MR) is 107 cm³/mol. The smallest absolute Gasteiger partial charge is 0.323 e. The highest BCUT2D eigenvalue weighted by atomic mass is 16.2. The van der Waals surface area contributed by atoms with E-state index in [1.807, 2.05) is 18.2 Å². The minimum Gasteiger partial charge on any atom is -0.323 e. The van der Waals surface area contributed by atoms with Crippen molar-refractivity contribution in [2.75, 3.05) is 13.1 Å². The van der Waals surface area contributed by atoms with E-state index in [-0.39, 0.29) is 23.0 Å². The average molecular weight is 388 g/mol. The zero-order valence-corrected chi connectivity index (χ0v) is 15.7. The van der Waals surface area contributed by atoms with E-state index in [0.29, 0.717) is 25.2 Å². The van der Waals surface area contributed by atoms with Crippen LogP contribution in [-0.2, 0) is 11.3 Å². The lowest BCUT2D eigenvalue weighted by Crippen LogP contribution is -2.52. The Bertz CT molecular complexity index is 1080. The summed E-state index contributed by atoms with van der Waals surface area (Å²) in [6, 6.07) is 15.6. The van der Waals surface area contributed by atoms with Gasteiger partial charge in [-0.25, -0.2) is 4.79 Å². The molecule has 2 unspecified atom stereocenters. The normalized spacial score (nSPS) is 20.4. The number of rotatable bonds is 2. The Labute approximate surface area is 167 Å². The van der Waals surface area contributed by atoms with Gasteiger partial charge in [-0.15, -0.1) is 0 Å². The first kappa shape index (κ1) is 18.7. The van der Waals surface area contributed by atoms with Crippen molar-refractivity contribution < 1.29 is 9.59 Å². The Morgan fingerprint density at radius 2 is 1.86 bits per heavy atom. The molecule has 29 heavy (non-hydrogen) atoms. The second kappa shape index (κ2) is 7.76. The summed E-state index contributed by atoms with van der Waals surface area (Å²) in [5.74, 6) is -0.487. The summed E-state index contributed by atoms with van der Waals surface area (Å²) in [5, 5.41) is 11.6. The Hall–Kier alpha value is -3.66. The van der Waals surface area contributed by atoms with E-state index in [2.05, 4.69) is 5.32 Å². The zero-order valence-electron chi connectivity index (χ0n) is 15.7. The summed E-state index contributed by atoms with van der Waals surface area (Å²) in [6.45, 7) is 1.48. The number of imide groups is 1. The van der Waals surface area contributed by atoms with Gasteiger partial charge in [0.15, 0.2) is 0 Å². The molecule has 7 nitrogen and oxygen atoms in total. The van der Waals surface area contributed by atoms with Crippen molar-refractivity contribution in [3.05, 3.63) is 75.7 Å². The van der Waals surface area contributed by atoms with E-state index >= 15 is 0 Å². The van der Waals surface area contributed by atoms with Crippen LogP contribution in [-0.4, -0.2) is 34.5 Å². The number of amides is 3. The van der Waals surface area contributed by atoms with Crippen molar-refractivity contribution in [2.45, 2.75) is 18.9 Å². The Morgan fingerprint density at radius 1 is 1.07 bits per heavy atom. The van der Waals surface area contributed by atoms with Crippen molar-refractivity contribution in [3.63, 3.8) is 0 Å². The van der Waals surface area contributed by atoms with Crippen LogP contribution in [0.15, 0.2) is 58.9 Å². The Kier molecular flexibility index (Phi) is 5.00. The lowest BCUT2D eigenvalue weighted by atomic mass is 9.83. The molecule has 0 aliphatic carbocycles. The summed E-state index contributed by atoms with van der Waals surface area (Å²) in [5.41, 5.74) is 1.49. The number of pyridine rings is 1. The minimum absolute atomic E-state index is 0.0185. The molecule has 1 N–H and O–H groups in total. The van der Waals surface area contributed by atoms with Crippen LogP contribution >= 0.6 is 0 Å². The molecule has 3 heterocycles. The van der Waals surface area contributed by atoms with E-state index < -0.39 is 11.9 Å². The number of aromatic nitrogens is 1. The number of carbonyl (C=O) groups excluding carboxylic acids is 2. The molecule has 7 heteroatoms. The van der Waals surface area contributed by atoms with Crippen LogP contribution in [0.1, 0.15) is 23.6 Å². The third-order valence-corrected chi connectivity index (χ3v) is 5.46. The third-order valence-electron chi connectivity index (χ3n) is 5.46. The van der Waals surface area contributed by atoms with Crippen LogP contribution in [0.3, 0.4) is 0 Å². The Balaban J connectivity index is 1.47. The van der Waals surface area contributed by atoms with Gasteiger partial charge in [-0.05, 0) is 30.0 Å². The first-order chi connectivity index (χ1) is 14.0. The van der Waals surface area contributed by atoms with Crippen LogP contribution in [0.5, 0.6) is 0 Å². The summed E-state index contributed by atoms with van der Waals surface area (Å²) in [7, 11) is 0. The number of carbonyl (C=O) groups is 2. The zero-order chi connectivity index (χ0) is 20.4. The van der Waals surface area contributed by atoms with Crippen molar-refractivity contribution in [2.24, 2.45) is 5.92 Å². The van der Waals surface area contributed by atoms with E-state index in [0.717, 1.165) is 12.1 Å². The molecule has 3 amide bonds. The highest BCUT2D eigenvalue weighted by Gasteiger charge is 2.36. The third kappa shape index (κ3) is 3.83. The number of fused-ring (bicyclic) bond motifs is 4. The molecule has 0 spiro atoms. The van der Waals surface area contributed by atoms with Crippen molar-refractivity contribution in [1.29, 1.82) is 5.26 Å². The first-order valence-electron chi connectivity index (χ1n) is 9.52. The van der Waals surface area contributed by atoms with Gasteiger partial charge in [0, 0.05) is 37.3 Å². The number of hydrogen-bond acceptors (Lipinski definition) is 4. The lowest BCUT2D eigenvalue weighted by Gasteiger charge is -2.42. The topological polar surface area (TPSA) is 95.2 Å². The van der Waals surface area contributed by atoms with Gasteiger partial charge in [0.25, 0.3) is 11.5 Å². The second-order valence-electron chi connectivity index (χ2n) is 7.44. The van der Waals surface area contributed by atoms with Crippen LogP contribution in [0, 0.1) is 17.2 Å². The molecule has 2 aliphatic heterocycles. The van der Waals surface area contributed by atoms with Gasteiger partial charge in [-0.2, -0.15) is 5.26 Å². The van der Waals surface area contributed by atoms with E-state index in [9.17, 15) is 19.6 Å². The maximum absolute atomic E-state index is 12.7. The van der Waals surface area contributed by atoms with Crippen molar-refractivity contribution >= 4 is 18.0 Å². The number of nitriles is 1. The molecule has 0 radical (unpaired) electrons. The summed E-state index contributed by atoms with van der Waals surface area (Å²) < 4.78 is 1.79. The number of urea groups is 1.